The molecule has 3 aromatic carbocycles. The highest BCUT2D eigenvalue weighted by Crippen LogP contribution is 2.41. The zero-order chi connectivity index (χ0) is 27.8. The van der Waals surface area contributed by atoms with Crippen molar-refractivity contribution in [1.82, 2.24) is 10.0 Å². The van der Waals surface area contributed by atoms with Crippen LogP contribution in [0.4, 0.5) is 0 Å². The average molecular weight is 549 g/mol. The fourth-order valence-electron chi connectivity index (χ4n) is 5.56. The van der Waals surface area contributed by atoms with Crippen LogP contribution in [0.1, 0.15) is 73.5 Å². The van der Waals surface area contributed by atoms with Gasteiger partial charge in [0.15, 0.2) is 0 Å². The number of benzene rings is 3. The van der Waals surface area contributed by atoms with Gasteiger partial charge in [-0.15, -0.1) is 0 Å². The Kier molecular flexibility index (Phi) is 7.55. The molecule has 1 aliphatic heterocycles. The average Bonchev–Trinajstić information content (AvgIpc) is 2.92. The number of hydrogen-bond acceptors (Lipinski definition) is 5. The van der Waals surface area contributed by atoms with Crippen molar-refractivity contribution < 1.29 is 23.1 Å². The van der Waals surface area contributed by atoms with Gasteiger partial charge in [0.1, 0.15) is 17.5 Å². The minimum atomic E-state index is -3.94. The van der Waals surface area contributed by atoms with E-state index >= 15 is 0 Å². The molecule has 0 aromatic heterocycles. The molecule has 5 rings (SSSR count). The summed E-state index contributed by atoms with van der Waals surface area (Å²) in [6, 6.07) is 19.3. The Hall–Kier alpha value is -3.20. The molecule has 39 heavy (non-hydrogen) atoms. The van der Waals surface area contributed by atoms with Gasteiger partial charge in [0.25, 0.3) is 0 Å². The predicted molar refractivity (Wildman–Crippen MR) is 150 cm³/mol. The number of carbonyl (C=O) groups is 1. The highest BCUT2D eigenvalue weighted by Gasteiger charge is 2.44. The normalized spacial score (nSPS) is 21.8. The standard InChI is InChI=1S/C31H36N2O5S/c1-4-20-12-15-23(16-13-20)39(36,37)33-29-25-18-21(14-17-27(25)38-31(2,3)30(29)35)19-28(34)32-26-11-7-9-22-8-5-6-10-24(22)26/h5-6,8,10,12-18,26,29-30,33,35H,4,7,9,11,19H2,1-3H3,(H,32,34)/t26-,29?,30-/m1/s1. The third-order valence-electron chi connectivity index (χ3n) is 7.80. The molecule has 0 saturated carbocycles. The Morgan fingerprint density at radius 1 is 1.03 bits per heavy atom. The molecule has 1 heterocycles. The van der Waals surface area contributed by atoms with E-state index in [2.05, 4.69) is 22.2 Å². The van der Waals surface area contributed by atoms with Crippen molar-refractivity contribution >= 4 is 15.9 Å². The van der Waals surface area contributed by atoms with E-state index in [4.69, 9.17) is 4.74 Å². The Balaban J connectivity index is 1.38. The van der Waals surface area contributed by atoms with Crippen LogP contribution >= 0.6 is 0 Å². The number of sulfonamides is 1. The molecule has 3 N–H and O–H groups in total. The zero-order valence-corrected chi connectivity index (χ0v) is 23.4. The van der Waals surface area contributed by atoms with Crippen LogP contribution in [0.25, 0.3) is 0 Å². The third kappa shape index (κ3) is 5.73. The zero-order valence-electron chi connectivity index (χ0n) is 22.6. The van der Waals surface area contributed by atoms with Gasteiger partial charge in [-0.1, -0.05) is 49.4 Å². The van der Waals surface area contributed by atoms with Gasteiger partial charge in [0, 0.05) is 5.56 Å². The second-order valence-electron chi connectivity index (χ2n) is 11.0. The van der Waals surface area contributed by atoms with Crippen LogP contribution in [0.2, 0.25) is 0 Å². The van der Waals surface area contributed by atoms with E-state index in [1.807, 2.05) is 25.1 Å². The van der Waals surface area contributed by atoms with E-state index in [0.29, 0.717) is 16.9 Å². The highest BCUT2D eigenvalue weighted by molar-refractivity contribution is 7.89. The van der Waals surface area contributed by atoms with E-state index < -0.39 is 27.8 Å². The Labute approximate surface area is 230 Å². The molecular weight excluding hydrogens is 512 g/mol. The van der Waals surface area contributed by atoms with Gasteiger partial charge in [-0.2, -0.15) is 0 Å². The molecule has 8 heteroatoms. The lowest BCUT2D eigenvalue weighted by atomic mass is 9.86. The highest BCUT2D eigenvalue weighted by atomic mass is 32.2. The number of aliphatic hydroxyl groups is 1. The summed E-state index contributed by atoms with van der Waals surface area (Å²) in [5, 5.41) is 14.4. The van der Waals surface area contributed by atoms with Gasteiger partial charge < -0.3 is 15.2 Å². The molecule has 2 aliphatic rings. The van der Waals surface area contributed by atoms with Crippen LogP contribution in [0.5, 0.6) is 5.75 Å². The molecule has 0 fully saturated rings. The summed E-state index contributed by atoms with van der Waals surface area (Å²) in [6.07, 6.45) is 2.71. The van der Waals surface area contributed by atoms with Crippen LogP contribution in [0.15, 0.2) is 71.6 Å². The molecule has 206 valence electrons. The lowest BCUT2D eigenvalue weighted by Crippen LogP contribution is -2.53. The smallest absolute Gasteiger partial charge is 0.241 e. The van der Waals surface area contributed by atoms with Crippen LogP contribution in [0.3, 0.4) is 0 Å². The van der Waals surface area contributed by atoms with Crippen molar-refractivity contribution in [2.75, 3.05) is 0 Å². The number of ether oxygens (including phenoxy) is 1. The second-order valence-corrected chi connectivity index (χ2v) is 12.7. The Bertz CT molecular complexity index is 1470. The second kappa shape index (κ2) is 10.8. The summed E-state index contributed by atoms with van der Waals surface area (Å²) in [6.45, 7) is 5.45. The van der Waals surface area contributed by atoms with Crippen LogP contribution in [-0.4, -0.2) is 31.1 Å². The van der Waals surface area contributed by atoms with Gasteiger partial charge in [-0.05, 0) is 86.1 Å². The van der Waals surface area contributed by atoms with Gasteiger partial charge in [0.2, 0.25) is 15.9 Å². The number of aliphatic hydroxyl groups excluding tert-OH is 1. The van der Waals surface area contributed by atoms with Gasteiger partial charge in [-0.25, -0.2) is 13.1 Å². The molecule has 3 atom stereocenters. The topological polar surface area (TPSA) is 105 Å². The molecule has 1 unspecified atom stereocenters. The number of amides is 1. The SMILES string of the molecule is CCc1ccc(S(=O)(=O)NC2c3cc(CC(=O)N[C@@H]4CCCc5ccccc54)ccc3OC(C)(C)[C@@H]2O)cc1. The van der Waals surface area contributed by atoms with Crippen molar-refractivity contribution in [2.24, 2.45) is 0 Å². The molecular formula is C31H36N2O5S. The van der Waals surface area contributed by atoms with Crippen LogP contribution in [0, 0.1) is 0 Å². The number of carbonyl (C=O) groups excluding carboxylic acids is 1. The summed E-state index contributed by atoms with van der Waals surface area (Å²) < 4.78 is 35.4. The van der Waals surface area contributed by atoms with E-state index in [-0.39, 0.29) is 23.3 Å². The van der Waals surface area contributed by atoms with E-state index in [0.717, 1.165) is 31.2 Å². The third-order valence-corrected chi connectivity index (χ3v) is 9.26. The Morgan fingerprint density at radius 3 is 2.49 bits per heavy atom. The summed E-state index contributed by atoms with van der Waals surface area (Å²) in [7, 11) is -3.94. The fourth-order valence-corrected chi connectivity index (χ4v) is 6.78. The maximum Gasteiger partial charge on any atom is 0.241 e. The Morgan fingerprint density at radius 2 is 1.74 bits per heavy atom. The van der Waals surface area contributed by atoms with Gasteiger partial charge >= 0.3 is 0 Å². The number of aryl methyl sites for hydroxylation is 2. The van der Waals surface area contributed by atoms with Crippen molar-refractivity contribution in [2.45, 2.75) is 81.6 Å². The first-order chi connectivity index (χ1) is 18.6. The van der Waals surface area contributed by atoms with Gasteiger partial charge in [-0.3, -0.25) is 4.79 Å². The van der Waals surface area contributed by atoms with Crippen molar-refractivity contribution in [3.05, 3.63) is 94.5 Å². The van der Waals surface area contributed by atoms with E-state index in [1.165, 1.54) is 11.1 Å². The van der Waals surface area contributed by atoms with Crippen LogP contribution < -0.4 is 14.8 Å². The molecule has 3 aromatic rings. The summed E-state index contributed by atoms with van der Waals surface area (Å²) in [5.74, 6) is 0.368. The number of nitrogens with one attached hydrogen (secondary N) is 2. The van der Waals surface area contributed by atoms with Gasteiger partial charge in [0.05, 0.1) is 23.4 Å². The molecule has 0 saturated heterocycles. The van der Waals surface area contributed by atoms with E-state index in [1.54, 1.807) is 50.2 Å². The first-order valence-corrected chi connectivity index (χ1v) is 15.0. The summed E-state index contributed by atoms with van der Waals surface area (Å²) in [5.41, 5.74) is 3.66. The lowest BCUT2D eigenvalue weighted by Gasteiger charge is -2.42. The van der Waals surface area contributed by atoms with Crippen molar-refractivity contribution in [1.29, 1.82) is 0 Å². The van der Waals surface area contributed by atoms with Crippen molar-refractivity contribution in [3.63, 3.8) is 0 Å². The molecule has 1 aliphatic carbocycles. The predicted octanol–water partition coefficient (Wildman–Crippen LogP) is 4.54. The minimum Gasteiger partial charge on any atom is -0.485 e. The maximum atomic E-state index is 13.3. The quantitative estimate of drug-likeness (QED) is 0.402. The summed E-state index contributed by atoms with van der Waals surface area (Å²) in [4.78, 5) is 13.2. The molecule has 0 bridgehead atoms. The van der Waals surface area contributed by atoms with Crippen LogP contribution in [-0.2, 0) is 34.1 Å². The molecule has 0 radical (unpaired) electrons. The van der Waals surface area contributed by atoms with Crippen molar-refractivity contribution in [3.8, 4) is 5.75 Å². The summed E-state index contributed by atoms with van der Waals surface area (Å²) >= 11 is 0. The lowest BCUT2D eigenvalue weighted by molar-refractivity contribution is -0.121. The largest absolute Gasteiger partial charge is 0.485 e. The first kappa shape index (κ1) is 27.4. The minimum absolute atomic E-state index is 0.0234. The number of hydrogen-bond donors (Lipinski definition) is 3. The molecule has 0 spiro atoms. The first-order valence-electron chi connectivity index (χ1n) is 13.6. The fraction of sp³-hybridized carbons (Fsp3) is 0.387. The van der Waals surface area contributed by atoms with E-state index in [9.17, 15) is 18.3 Å². The molecule has 7 nitrogen and oxygen atoms in total. The number of rotatable bonds is 7. The molecule has 1 amide bonds. The maximum absolute atomic E-state index is 13.3. The number of fused-ring (bicyclic) bond motifs is 2. The monoisotopic (exact) mass is 548 g/mol.